The van der Waals surface area contributed by atoms with Gasteiger partial charge in [0.1, 0.15) is 0 Å². The Morgan fingerprint density at radius 2 is 1.72 bits per heavy atom. The zero-order valence-corrected chi connectivity index (χ0v) is 12.6. The van der Waals surface area contributed by atoms with E-state index in [9.17, 15) is 0 Å². The smallest absolute Gasteiger partial charge is 0.0587 e. The molecule has 0 saturated carbocycles. The second kappa shape index (κ2) is 11.9. The van der Waals surface area contributed by atoms with Gasteiger partial charge in [0.15, 0.2) is 0 Å². The van der Waals surface area contributed by atoms with Gasteiger partial charge in [0.05, 0.1) is 6.61 Å². The van der Waals surface area contributed by atoms with Crippen molar-refractivity contribution in [3.63, 3.8) is 0 Å². The molecule has 0 heterocycles. The van der Waals surface area contributed by atoms with Gasteiger partial charge in [-0.25, -0.2) is 0 Å². The van der Waals surface area contributed by atoms with E-state index in [1.165, 1.54) is 0 Å². The molecule has 18 heavy (non-hydrogen) atoms. The number of hydrogen-bond donors (Lipinski definition) is 1. The molecular formula is C14H31NO3. The summed E-state index contributed by atoms with van der Waals surface area (Å²) < 4.78 is 15.6. The Morgan fingerprint density at radius 1 is 1.00 bits per heavy atom. The van der Waals surface area contributed by atoms with Gasteiger partial charge in [0.25, 0.3) is 0 Å². The van der Waals surface area contributed by atoms with E-state index >= 15 is 0 Å². The molecule has 1 unspecified atom stereocenters. The van der Waals surface area contributed by atoms with Crippen molar-refractivity contribution < 1.29 is 14.2 Å². The lowest BCUT2D eigenvalue weighted by molar-refractivity contribution is 0.0776. The molecule has 0 fully saturated rings. The fourth-order valence-corrected chi connectivity index (χ4v) is 1.68. The van der Waals surface area contributed by atoms with E-state index in [1.807, 2.05) is 0 Å². The highest BCUT2D eigenvalue weighted by Gasteiger charge is 2.21. The molecule has 0 aromatic carbocycles. The van der Waals surface area contributed by atoms with Gasteiger partial charge < -0.3 is 19.5 Å². The summed E-state index contributed by atoms with van der Waals surface area (Å²) in [5, 5.41) is 3.44. The van der Waals surface area contributed by atoms with Crippen LogP contribution in [0.4, 0.5) is 0 Å². The minimum Gasteiger partial charge on any atom is -0.385 e. The first-order chi connectivity index (χ1) is 8.68. The van der Waals surface area contributed by atoms with Crippen LogP contribution in [0, 0.1) is 5.41 Å². The third-order valence-corrected chi connectivity index (χ3v) is 3.38. The number of hydrogen-bond acceptors (Lipinski definition) is 4. The number of ether oxygens (including phenoxy) is 3. The zero-order chi connectivity index (χ0) is 13.7. The van der Waals surface area contributed by atoms with Crippen LogP contribution in [0.25, 0.3) is 0 Å². The predicted octanol–water partition coefficient (Wildman–Crippen LogP) is 2.08. The van der Waals surface area contributed by atoms with Gasteiger partial charge in [-0.3, -0.25) is 0 Å². The minimum atomic E-state index is 0.314. The highest BCUT2D eigenvalue weighted by Crippen LogP contribution is 2.24. The Kier molecular flexibility index (Phi) is 11.8. The lowest BCUT2D eigenvalue weighted by atomic mass is 9.84. The maximum absolute atomic E-state index is 5.63. The fraction of sp³-hybridized carbons (Fsp3) is 1.00. The van der Waals surface area contributed by atoms with Crippen LogP contribution < -0.4 is 5.32 Å². The third kappa shape index (κ3) is 9.83. The standard InChI is InChI=1S/C14H31NO3/c1-5-14(2,13-15-8-12-17-4)7-11-18-10-6-9-16-3/h15H,5-13H2,1-4H3. The monoisotopic (exact) mass is 261 g/mol. The molecule has 0 bridgehead atoms. The van der Waals surface area contributed by atoms with Gasteiger partial charge in [0, 0.05) is 47.1 Å². The SMILES string of the molecule is CCC(C)(CCOCCCOC)CNCCOC. The molecule has 4 nitrogen and oxygen atoms in total. The molecule has 0 amide bonds. The number of nitrogens with one attached hydrogen (secondary N) is 1. The van der Waals surface area contributed by atoms with E-state index < -0.39 is 0 Å². The Balaban J connectivity index is 3.58. The average Bonchev–Trinajstić information content (AvgIpc) is 2.39. The molecule has 0 aliphatic rings. The van der Waals surface area contributed by atoms with Crippen molar-refractivity contribution in [2.24, 2.45) is 5.41 Å². The highest BCUT2D eigenvalue weighted by molar-refractivity contribution is 4.75. The lowest BCUT2D eigenvalue weighted by Crippen LogP contribution is -2.34. The van der Waals surface area contributed by atoms with Gasteiger partial charge in [-0.1, -0.05) is 13.8 Å². The van der Waals surface area contributed by atoms with Crippen LogP contribution >= 0.6 is 0 Å². The van der Waals surface area contributed by atoms with Gasteiger partial charge >= 0.3 is 0 Å². The molecule has 0 aliphatic carbocycles. The van der Waals surface area contributed by atoms with Crippen LogP contribution in [0.3, 0.4) is 0 Å². The van der Waals surface area contributed by atoms with E-state index in [-0.39, 0.29) is 0 Å². The molecule has 0 radical (unpaired) electrons. The summed E-state index contributed by atoms with van der Waals surface area (Å²) in [6.07, 6.45) is 3.23. The van der Waals surface area contributed by atoms with Crippen LogP contribution in [0.5, 0.6) is 0 Å². The predicted molar refractivity (Wildman–Crippen MR) is 75.1 cm³/mol. The van der Waals surface area contributed by atoms with Crippen molar-refractivity contribution in [3.8, 4) is 0 Å². The largest absolute Gasteiger partial charge is 0.385 e. The van der Waals surface area contributed by atoms with Crippen LogP contribution in [-0.2, 0) is 14.2 Å². The molecule has 0 spiro atoms. The van der Waals surface area contributed by atoms with Crippen LogP contribution in [-0.4, -0.2) is 53.7 Å². The highest BCUT2D eigenvalue weighted by atomic mass is 16.5. The number of rotatable bonds is 13. The van der Waals surface area contributed by atoms with E-state index in [4.69, 9.17) is 14.2 Å². The second-order valence-electron chi connectivity index (χ2n) is 5.04. The number of methoxy groups -OCH3 is 2. The summed E-state index contributed by atoms with van der Waals surface area (Å²) in [7, 11) is 3.45. The summed E-state index contributed by atoms with van der Waals surface area (Å²) >= 11 is 0. The molecule has 1 atom stereocenters. The normalized spacial score (nSPS) is 14.7. The summed E-state index contributed by atoms with van der Waals surface area (Å²) in [5.74, 6) is 0. The van der Waals surface area contributed by atoms with Crippen molar-refractivity contribution in [2.45, 2.75) is 33.1 Å². The maximum Gasteiger partial charge on any atom is 0.0587 e. The minimum absolute atomic E-state index is 0.314. The fourth-order valence-electron chi connectivity index (χ4n) is 1.68. The second-order valence-corrected chi connectivity index (χ2v) is 5.04. The molecule has 0 aromatic heterocycles. The Morgan fingerprint density at radius 3 is 2.33 bits per heavy atom. The van der Waals surface area contributed by atoms with Crippen molar-refractivity contribution in [3.05, 3.63) is 0 Å². The maximum atomic E-state index is 5.63. The van der Waals surface area contributed by atoms with Crippen LogP contribution in [0.15, 0.2) is 0 Å². The molecule has 0 aliphatic heterocycles. The Labute approximate surface area is 112 Å². The van der Waals surface area contributed by atoms with E-state index in [0.717, 1.165) is 58.8 Å². The molecule has 0 saturated heterocycles. The zero-order valence-electron chi connectivity index (χ0n) is 12.6. The van der Waals surface area contributed by atoms with E-state index in [1.54, 1.807) is 14.2 Å². The summed E-state index contributed by atoms with van der Waals surface area (Å²) in [6, 6.07) is 0. The molecule has 4 heteroatoms. The van der Waals surface area contributed by atoms with Crippen molar-refractivity contribution in [1.82, 2.24) is 5.32 Å². The van der Waals surface area contributed by atoms with Crippen LogP contribution in [0.1, 0.15) is 33.1 Å². The van der Waals surface area contributed by atoms with Crippen molar-refractivity contribution >= 4 is 0 Å². The summed E-state index contributed by atoms with van der Waals surface area (Å²) in [5.41, 5.74) is 0.314. The molecule has 0 aromatic rings. The Hall–Kier alpha value is -0.160. The van der Waals surface area contributed by atoms with E-state index in [2.05, 4.69) is 19.2 Å². The van der Waals surface area contributed by atoms with Crippen molar-refractivity contribution in [1.29, 1.82) is 0 Å². The third-order valence-electron chi connectivity index (χ3n) is 3.38. The molecular weight excluding hydrogens is 230 g/mol. The average molecular weight is 261 g/mol. The first kappa shape index (κ1) is 17.8. The van der Waals surface area contributed by atoms with Crippen LogP contribution in [0.2, 0.25) is 0 Å². The van der Waals surface area contributed by atoms with Crippen molar-refractivity contribution in [2.75, 3.05) is 53.7 Å². The Bertz CT molecular complexity index is 178. The summed E-state index contributed by atoms with van der Waals surface area (Å²) in [6.45, 7) is 9.67. The van der Waals surface area contributed by atoms with Gasteiger partial charge in [0.2, 0.25) is 0 Å². The van der Waals surface area contributed by atoms with Gasteiger partial charge in [-0.15, -0.1) is 0 Å². The topological polar surface area (TPSA) is 39.7 Å². The molecule has 0 rings (SSSR count). The lowest BCUT2D eigenvalue weighted by Gasteiger charge is -2.28. The molecule has 1 N–H and O–H groups in total. The van der Waals surface area contributed by atoms with Gasteiger partial charge in [-0.2, -0.15) is 0 Å². The molecule has 110 valence electrons. The first-order valence-electron chi connectivity index (χ1n) is 6.95. The quantitative estimate of drug-likeness (QED) is 0.515. The van der Waals surface area contributed by atoms with Gasteiger partial charge in [-0.05, 0) is 24.7 Å². The van der Waals surface area contributed by atoms with E-state index in [0.29, 0.717) is 5.41 Å². The first-order valence-corrected chi connectivity index (χ1v) is 6.95. The summed E-state index contributed by atoms with van der Waals surface area (Å²) in [4.78, 5) is 0.